The number of piperidine rings is 1. The summed E-state index contributed by atoms with van der Waals surface area (Å²) < 4.78 is 13.0. The van der Waals surface area contributed by atoms with Crippen molar-refractivity contribution in [1.82, 2.24) is 9.80 Å². The van der Waals surface area contributed by atoms with Crippen LogP contribution in [0.5, 0.6) is 11.5 Å². The molecule has 3 aromatic carbocycles. The summed E-state index contributed by atoms with van der Waals surface area (Å²) in [6.45, 7) is 4.13. The van der Waals surface area contributed by atoms with Gasteiger partial charge in [0.1, 0.15) is 6.10 Å². The van der Waals surface area contributed by atoms with Crippen molar-refractivity contribution in [2.75, 3.05) is 19.6 Å². The molecule has 5 aliphatic rings. The van der Waals surface area contributed by atoms with Gasteiger partial charge in [-0.05, 0) is 106 Å². The SMILES string of the molecule is CC(=O)Oc1ccc2c3c1O[C@H]1[C@@H](N(CCCCc4ccccc4)C(=O)CCCCCCCCCCc4ccccc4)CC[C@H]4[C@@H](C2)N(CC2CC2O)CC[C@@]341. The number of unbranched alkanes of at least 4 members (excludes halogenated alkanes) is 8. The molecule has 2 saturated carbocycles. The van der Waals surface area contributed by atoms with Crippen molar-refractivity contribution in [2.24, 2.45) is 11.8 Å². The second-order valence-corrected chi connectivity index (χ2v) is 17.8. The Kier molecular flexibility index (Phi) is 12.5. The summed E-state index contributed by atoms with van der Waals surface area (Å²) in [7, 11) is 0. The molecule has 7 atom stereocenters. The summed E-state index contributed by atoms with van der Waals surface area (Å²) in [4.78, 5) is 31.8. The number of hydrogen-bond acceptors (Lipinski definition) is 6. The van der Waals surface area contributed by atoms with Gasteiger partial charge in [0.05, 0.1) is 12.1 Å². The molecule has 2 heterocycles. The van der Waals surface area contributed by atoms with Crippen LogP contribution in [0.1, 0.15) is 125 Å². The summed E-state index contributed by atoms with van der Waals surface area (Å²) in [6, 6.07) is 26.0. The number of hydrogen-bond donors (Lipinski definition) is 1. The fourth-order valence-electron chi connectivity index (χ4n) is 11.3. The highest BCUT2D eigenvalue weighted by Gasteiger charge is 2.67. The van der Waals surface area contributed by atoms with Crippen LogP contribution in [0, 0.1) is 11.8 Å². The number of carbonyl (C=O) groups is 2. The lowest BCUT2D eigenvalue weighted by Crippen LogP contribution is -2.69. The summed E-state index contributed by atoms with van der Waals surface area (Å²) >= 11 is 0. The molecule has 56 heavy (non-hydrogen) atoms. The Hall–Kier alpha value is -3.68. The van der Waals surface area contributed by atoms with Gasteiger partial charge in [0.15, 0.2) is 11.5 Å². The maximum Gasteiger partial charge on any atom is 0.308 e. The normalized spacial score (nSPS) is 27.0. The molecule has 0 radical (unpaired) electrons. The Balaban J connectivity index is 0.944. The quantitative estimate of drug-likeness (QED) is 0.0704. The number of benzene rings is 3. The van der Waals surface area contributed by atoms with Crippen LogP contribution in [0.4, 0.5) is 0 Å². The van der Waals surface area contributed by atoms with Crippen molar-refractivity contribution >= 4 is 11.9 Å². The van der Waals surface area contributed by atoms with Gasteiger partial charge in [0.25, 0.3) is 0 Å². The second kappa shape index (κ2) is 17.9. The lowest BCUT2D eigenvalue weighted by Gasteiger charge is -2.60. The van der Waals surface area contributed by atoms with Gasteiger partial charge in [-0.25, -0.2) is 0 Å². The van der Waals surface area contributed by atoms with E-state index in [9.17, 15) is 14.7 Å². The van der Waals surface area contributed by atoms with E-state index in [-0.39, 0.29) is 35.5 Å². The number of esters is 1. The Morgan fingerprint density at radius 2 is 1.48 bits per heavy atom. The third kappa shape index (κ3) is 8.45. The number of rotatable bonds is 20. The molecule has 2 unspecified atom stereocenters. The molecule has 3 aliphatic carbocycles. The van der Waals surface area contributed by atoms with Gasteiger partial charge in [0, 0.05) is 49.4 Å². The number of aryl methyl sites for hydroxylation is 2. The largest absolute Gasteiger partial charge is 0.483 e. The van der Waals surface area contributed by atoms with E-state index in [2.05, 4.69) is 76.5 Å². The first kappa shape index (κ1) is 39.2. The molecule has 3 fully saturated rings. The van der Waals surface area contributed by atoms with Crippen molar-refractivity contribution < 1.29 is 24.2 Å². The highest BCUT2D eigenvalue weighted by Crippen LogP contribution is 2.64. The number of ether oxygens (including phenoxy) is 2. The highest BCUT2D eigenvalue weighted by atomic mass is 16.6. The monoisotopic (exact) mass is 760 g/mol. The van der Waals surface area contributed by atoms with Gasteiger partial charge in [0.2, 0.25) is 5.91 Å². The Labute approximate surface area is 335 Å². The molecule has 300 valence electrons. The minimum atomic E-state index is -0.338. The first-order valence-electron chi connectivity index (χ1n) is 22.2. The third-order valence-electron chi connectivity index (χ3n) is 14.1. The molecule has 2 aliphatic heterocycles. The summed E-state index contributed by atoms with van der Waals surface area (Å²) in [5, 5.41) is 10.3. The number of aliphatic hydroxyl groups excluding tert-OH is 1. The molecule has 1 saturated heterocycles. The van der Waals surface area contributed by atoms with Crippen molar-refractivity contribution in [1.29, 1.82) is 0 Å². The van der Waals surface area contributed by atoms with E-state index in [1.165, 1.54) is 74.1 Å². The van der Waals surface area contributed by atoms with Crippen LogP contribution >= 0.6 is 0 Å². The maximum atomic E-state index is 14.5. The van der Waals surface area contributed by atoms with E-state index in [0.29, 0.717) is 30.0 Å². The average molecular weight is 761 g/mol. The predicted octanol–water partition coefficient (Wildman–Crippen LogP) is 9.01. The van der Waals surface area contributed by atoms with Gasteiger partial charge >= 0.3 is 5.97 Å². The van der Waals surface area contributed by atoms with Crippen molar-refractivity contribution in [3.8, 4) is 11.5 Å². The summed E-state index contributed by atoms with van der Waals surface area (Å²) in [5.41, 5.74) is 5.14. The van der Waals surface area contributed by atoms with E-state index >= 15 is 0 Å². The lowest BCUT2D eigenvalue weighted by atomic mass is 9.51. The zero-order chi connectivity index (χ0) is 38.5. The summed E-state index contributed by atoms with van der Waals surface area (Å²) in [6.07, 6.45) is 18.8. The first-order chi connectivity index (χ1) is 27.4. The van der Waals surface area contributed by atoms with Gasteiger partial charge in [-0.3, -0.25) is 14.5 Å². The number of amides is 1. The van der Waals surface area contributed by atoms with Crippen LogP contribution in [0.2, 0.25) is 0 Å². The first-order valence-corrected chi connectivity index (χ1v) is 22.2. The molecule has 2 bridgehead atoms. The average Bonchev–Trinajstić information content (AvgIpc) is 3.79. The lowest BCUT2D eigenvalue weighted by molar-refractivity contribution is -0.143. The zero-order valence-corrected chi connectivity index (χ0v) is 33.7. The fraction of sp³-hybridized carbons (Fsp3) is 0.592. The predicted molar refractivity (Wildman–Crippen MR) is 221 cm³/mol. The van der Waals surface area contributed by atoms with Gasteiger partial charge in [-0.1, -0.05) is 105 Å². The molecule has 8 rings (SSSR count). The standard InChI is InChI=1S/C49H64N2O5/c1-35(52)55-44-28-25-38-32-42-40-26-27-41(48-49(40,46(38)47(44)56-48)29-31-50(42)34-39-33-43(39)53)51(30-17-16-23-37-21-13-9-14-22-37)45(54)24-15-7-5-3-2-4-6-10-18-36-19-11-8-12-20-36/h8-9,11-14,19-22,25,28,39-43,48,53H,2-7,10,15-18,23-24,26-27,29-34H2,1H3/t39?,40-,41-,42+,43?,48-,49-/m0/s1. The van der Waals surface area contributed by atoms with E-state index in [1.807, 2.05) is 6.07 Å². The van der Waals surface area contributed by atoms with Gasteiger partial charge in [-0.15, -0.1) is 0 Å². The Bertz CT molecular complexity index is 1780. The van der Waals surface area contributed by atoms with Crippen molar-refractivity contribution in [3.05, 3.63) is 95.1 Å². The molecule has 7 heteroatoms. The van der Waals surface area contributed by atoms with E-state index < -0.39 is 0 Å². The van der Waals surface area contributed by atoms with Crippen LogP contribution in [0.15, 0.2) is 72.8 Å². The minimum Gasteiger partial charge on any atom is -0.483 e. The van der Waals surface area contributed by atoms with Crippen molar-refractivity contribution in [3.63, 3.8) is 0 Å². The molecule has 0 aromatic heterocycles. The molecule has 1 spiro atoms. The van der Waals surface area contributed by atoms with Crippen LogP contribution in [-0.2, 0) is 34.3 Å². The number of likely N-dealkylation sites (tertiary alicyclic amines) is 1. The van der Waals surface area contributed by atoms with Gasteiger partial charge in [-0.2, -0.15) is 0 Å². The summed E-state index contributed by atoms with van der Waals surface area (Å²) in [5.74, 6) is 2.00. The molecule has 1 amide bonds. The minimum absolute atomic E-state index is 0.0210. The highest BCUT2D eigenvalue weighted by molar-refractivity contribution is 5.77. The maximum absolute atomic E-state index is 14.5. The van der Waals surface area contributed by atoms with Gasteiger partial charge < -0.3 is 19.5 Å². The Morgan fingerprint density at radius 1 is 0.839 bits per heavy atom. The van der Waals surface area contributed by atoms with E-state index in [0.717, 1.165) is 89.6 Å². The molecular formula is C49H64N2O5. The molecule has 3 aromatic rings. The second-order valence-electron chi connectivity index (χ2n) is 17.8. The number of nitrogens with zero attached hydrogens (tertiary/aromatic N) is 2. The van der Waals surface area contributed by atoms with Crippen LogP contribution in [0.3, 0.4) is 0 Å². The molecular weight excluding hydrogens is 697 g/mol. The zero-order valence-electron chi connectivity index (χ0n) is 33.7. The third-order valence-corrected chi connectivity index (χ3v) is 14.1. The molecule has 7 nitrogen and oxygen atoms in total. The molecule has 1 N–H and O–H groups in total. The van der Waals surface area contributed by atoms with E-state index in [1.54, 1.807) is 0 Å². The Morgan fingerprint density at radius 3 is 2.14 bits per heavy atom. The van der Waals surface area contributed by atoms with Crippen LogP contribution in [-0.4, -0.2) is 70.7 Å². The fourth-order valence-corrected chi connectivity index (χ4v) is 11.3. The van der Waals surface area contributed by atoms with Crippen LogP contribution in [0.25, 0.3) is 0 Å². The number of aliphatic hydroxyl groups is 1. The topological polar surface area (TPSA) is 79.3 Å². The number of carbonyl (C=O) groups excluding carboxylic acids is 2. The van der Waals surface area contributed by atoms with E-state index in [4.69, 9.17) is 9.47 Å². The van der Waals surface area contributed by atoms with Crippen LogP contribution < -0.4 is 9.47 Å². The smallest absolute Gasteiger partial charge is 0.308 e. The van der Waals surface area contributed by atoms with Crippen molar-refractivity contribution in [2.45, 2.75) is 152 Å².